The molecule has 0 saturated carbocycles. The fourth-order valence-corrected chi connectivity index (χ4v) is 2.24. The van der Waals surface area contributed by atoms with Gasteiger partial charge >= 0.3 is 0 Å². The van der Waals surface area contributed by atoms with E-state index in [0.717, 1.165) is 28.8 Å². The lowest BCUT2D eigenvalue weighted by atomic mass is 10.1. The maximum absolute atomic E-state index is 10.1. The second-order valence-electron chi connectivity index (χ2n) is 4.67. The standard InChI is InChI=1S/C16H16N2O/c19-15(12-6-2-1-3-7-12)10-11-16-17-13-8-4-5-9-14(13)18-16/h1-9,15,19H,10-11H2,(H,17,18). The van der Waals surface area contributed by atoms with Crippen molar-refractivity contribution in [3.8, 4) is 0 Å². The smallest absolute Gasteiger partial charge is 0.107 e. The van der Waals surface area contributed by atoms with Crippen LogP contribution in [-0.2, 0) is 6.42 Å². The summed E-state index contributed by atoms with van der Waals surface area (Å²) in [7, 11) is 0. The minimum Gasteiger partial charge on any atom is -0.388 e. The van der Waals surface area contributed by atoms with E-state index in [1.165, 1.54) is 0 Å². The van der Waals surface area contributed by atoms with E-state index in [-0.39, 0.29) is 0 Å². The summed E-state index contributed by atoms with van der Waals surface area (Å²) in [5.41, 5.74) is 2.98. The lowest BCUT2D eigenvalue weighted by Crippen LogP contribution is -2.00. The van der Waals surface area contributed by atoms with Gasteiger partial charge in [0.2, 0.25) is 0 Å². The number of aliphatic hydroxyl groups is 1. The van der Waals surface area contributed by atoms with Crippen LogP contribution >= 0.6 is 0 Å². The van der Waals surface area contributed by atoms with Gasteiger partial charge in [-0.1, -0.05) is 42.5 Å². The van der Waals surface area contributed by atoms with Crippen LogP contribution in [0.3, 0.4) is 0 Å². The van der Waals surface area contributed by atoms with Gasteiger partial charge in [-0.15, -0.1) is 0 Å². The number of aryl methyl sites for hydroxylation is 1. The summed E-state index contributed by atoms with van der Waals surface area (Å²) in [4.78, 5) is 7.79. The Kier molecular flexibility index (Phi) is 3.29. The quantitative estimate of drug-likeness (QED) is 0.749. The molecule has 96 valence electrons. The number of hydrogen-bond donors (Lipinski definition) is 2. The second kappa shape index (κ2) is 5.24. The van der Waals surface area contributed by atoms with Crippen LogP contribution < -0.4 is 0 Å². The van der Waals surface area contributed by atoms with E-state index in [1.807, 2.05) is 54.6 Å². The van der Waals surface area contributed by atoms with Crippen molar-refractivity contribution in [3.63, 3.8) is 0 Å². The number of H-pyrrole nitrogens is 1. The minimum absolute atomic E-state index is 0.436. The molecule has 3 heteroatoms. The summed E-state index contributed by atoms with van der Waals surface area (Å²) in [6, 6.07) is 17.7. The summed E-state index contributed by atoms with van der Waals surface area (Å²) >= 11 is 0. The number of rotatable bonds is 4. The summed E-state index contributed by atoms with van der Waals surface area (Å²) < 4.78 is 0. The third kappa shape index (κ3) is 2.66. The molecule has 2 aromatic carbocycles. The summed E-state index contributed by atoms with van der Waals surface area (Å²) in [5, 5.41) is 10.1. The first kappa shape index (κ1) is 11.9. The van der Waals surface area contributed by atoms with Crippen LogP contribution in [0.5, 0.6) is 0 Å². The Balaban J connectivity index is 1.69. The molecule has 1 heterocycles. The zero-order chi connectivity index (χ0) is 13.1. The lowest BCUT2D eigenvalue weighted by molar-refractivity contribution is 0.167. The van der Waals surface area contributed by atoms with Crippen molar-refractivity contribution >= 4 is 11.0 Å². The summed E-state index contributed by atoms with van der Waals surface area (Å²) in [6.45, 7) is 0. The van der Waals surface area contributed by atoms with Crippen LogP contribution in [-0.4, -0.2) is 15.1 Å². The zero-order valence-corrected chi connectivity index (χ0v) is 10.6. The molecule has 0 saturated heterocycles. The first-order valence-corrected chi connectivity index (χ1v) is 6.49. The molecule has 0 aliphatic carbocycles. The van der Waals surface area contributed by atoms with E-state index in [9.17, 15) is 5.11 Å². The van der Waals surface area contributed by atoms with Crippen LogP contribution in [0.25, 0.3) is 11.0 Å². The molecule has 1 atom stereocenters. The van der Waals surface area contributed by atoms with Crippen molar-refractivity contribution in [2.24, 2.45) is 0 Å². The van der Waals surface area contributed by atoms with Crippen molar-refractivity contribution in [3.05, 3.63) is 66.0 Å². The fraction of sp³-hybridized carbons (Fsp3) is 0.188. The number of hydrogen-bond acceptors (Lipinski definition) is 2. The van der Waals surface area contributed by atoms with E-state index < -0.39 is 6.10 Å². The molecular formula is C16H16N2O. The van der Waals surface area contributed by atoms with Gasteiger partial charge < -0.3 is 10.1 Å². The molecular weight excluding hydrogens is 236 g/mol. The highest BCUT2D eigenvalue weighted by Crippen LogP contribution is 2.19. The fourth-order valence-electron chi connectivity index (χ4n) is 2.24. The van der Waals surface area contributed by atoms with Crippen LogP contribution in [0.2, 0.25) is 0 Å². The predicted molar refractivity (Wildman–Crippen MR) is 75.8 cm³/mol. The van der Waals surface area contributed by atoms with Crippen molar-refractivity contribution in [1.82, 2.24) is 9.97 Å². The highest BCUT2D eigenvalue weighted by Gasteiger charge is 2.09. The highest BCUT2D eigenvalue weighted by atomic mass is 16.3. The molecule has 19 heavy (non-hydrogen) atoms. The number of nitrogens with one attached hydrogen (secondary N) is 1. The molecule has 0 fully saturated rings. The minimum atomic E-state index is -0.436. The Labute approximate surface area is 111 Å². The topological polar surface area (TPSA) is 48.9 Å². The van der Waals surface area contributed by atoms with Gasteiger partial charge in [0.05, 0.1) is 17.1 Å². The molecule has 0 spiro atoms. The van der Waals surface area contributed by atoms with Gasteiger partial charge in [-0.2, -0.15) is 0 Å². The van der Waals surface area contributed by atoms with Crippen molar-refractivity contribution in [1.29, 1.82) is 0 Å². The van der Waals surface area contributed by atoms with E-state index in [2.05, 4.69) is 9.97 Å². The normalized spacial score (nSPS) is 12.7. The lowest BCUT2D eigenvalue weighted by Gasteiger charge is -2.09. The Hall–Kier alpha value is -2.13. The molecule has 3 rings (SSSR count). The molecule has 0 amide bonds. The Morgan fingerprint density at radius 3 is 2.53 bits per heavy atom. The third-order valence-electron chi connectivity index (χ3n) is 3.28. The molecule has 0 bridgehead atoms. The maximum Gasteiger partial charge on any atom is 0.107 e. The number of fused-ring (bicyclic) bond motifs is 1. The second-order valence-corrected chi connectivity index (χ2v) is 4.67. The number of para-hydroxylation sites is 2. The largest absolute Gasteiger partial charge is 0.388 e. The number of aromatic nitrogens is 2. The van der Waals surface area contributed by atoms with E-state index in [0.29, 0.717) is 6.42 Å². The number of aromatic amines is 1. The van der Waals surface area contributed by atoms with Gasteiger partial charge in [0.15, 0.2) is 0 Å². The van der Waals surface area contributed by atoms with Gasteiger partial charge in [0.25, 0.3) is 0 Å². The van der Waals surface area contributed by atoms with E-state index >= 15 is 0 Å². The number of imidazole rings is 1. The number of benzene rings is 2. The van der Waals surface area contributed by atoms with Crippen LogP contribution in [0.15, 0.2) is 54.6 Å². The SMILES string of the molecule is OC(CCc1nc2ccccc2[nH]1)c1ccccc1. The number of nitrogens with zero attached hydrogens (tertiary/aromatic N) is 1. The van der Waals surface area contributed by atoms with Gasteiger partial charge in [-0.25, -0.2) is 4.98 Å². The van der Waals surface area contributed by atoms with E-state index in [1.54, 1.807) is 0 Å². The molecule has 1 aromatic heterocycles. The van der Waals surface area contributed by atoms with Crippen molar-refractivity contribution in [2.45, 2.75) is 18.9 Å². The third-order valence-corrected chi connectivity index (χ3v) is 3.28. The van der Waals surface area contributed by atoms with Crippen LogP contribution in [0, 0.1) is 0 Å². The summed E-state index contributed by atoms with van der Waals surface area (Å²) in [5.74, 6) is 0.927. The Bertz CT molecular complexity index is 628. The molecule has 0 radical (unpaired) electrons. The van der Waals surface area contributed by atoms with Gasteiger partial charge in [0, 0.05) is 6.42 Å². The monoisotopic (exact) mass is 252 g/mol. The average Bonchev–Trinajstić information content (AvgIpc) is 2.88. The first-order valence-electron chi connectivity index (χ1n) is 6.49. The van der Waals surface area contributed by atoms with Gasteiger partial charge in [-0.3, -0.25) is 0 Å². The average molecular weight is 252 g/mol. The van der Waals surface area contributed by atoms with Crippen molar-refractivity contribution < 1.29 is 5.11 Å². The molecule has 0 aliphatic rings. The molecule has 3 aromatic rings. The van der Waals surface area contributed by atoms with Crippen LogP contribution in [0.4, 0.5) is 0 Å². The van der Waals surface area contributed by atoms with Gasteiger partial charge in [-0.05, 0) is 24.1 Å². The highest BCUT2D eigenvalue weighted by molar-refractivity contribution is 5.74. The molecule has 3 nitrogen and oxygen atoms in total. The molecule has 1 unspecified atom stereocenters. The Morgan fingerprint density at radius 1 is 1.00 bits per heavy atom. The first-order chi connectivity index (χ1) is 9.33. The van der Waals surface area contributed by atoms with E-state index in [4.69, 9.17) is 0 Å². The maximum atomic E-state index is 10.1. The molecule has 0 aliphatic heterocycles. The number of aliphatic hydroxyl groups excluding tert-OH is 1. The van der Waals surface area contributed by atoms with Crippen LogP contribution in [0.1, 0.15) is 23.9 Å². The molecule has 2 N–H and O–H groups in total. The predicted octanol–water partition coefficient (Wildman–Crippen LogP) is 3.23. The van der Waals surface area contributed by atoms with Gasteiger partial charge in [0.1, 0.15) is 5.82 Å². The zero-order valence-electron chi connectivity index (χ0n) is 10.6. The summed E-state index contributed by atoms with van der Waals surface area (Å²) in [6.07, 6.45) is 0.976. The Morgan fingerprint density at radius 2 is 1.74 bits per heavy atom. The van der Waals surface area contributed by atoms with Crippen molar-refractivity contribution in [2.75, 3.05) is 0 Å².